The fourth-order valence-corrected chi connectivity index (χ4v) is 3.41. The molecular weight excluding hydrogens is 308 g/mol. The second-order valence-electron chi connectivity index (χ2n) is 6.64. The van der Waals surface area contributed by atoms with E-state index in [0.717, 1.165) is 63.2 Å². The van der Waals surface area contributed by atoms with Crippen molar-refractivity contribution < 1.29 is 14.1 Å². The predicted molar refractivity (Wildman–Crippen MR) is 88.0 cm³/mol. The third kappa shape index (κ3) is 4.14. The quantitative estimate of drug-likeness (QED) is 0.837. The molecule has 3 heterocycles. The van der Waals surface area contributed by atoms with Gasteiger partial charge in [-0.2, -0.15) is 4.98 Å². The number of hydrogen-bond donors (Lipinski definition) is 0. The number of likely N-dealkylation sites (tertiary alicyclic amines) is 1. The predicted octanol–water partition coefficient (Wildman–Crippen LogP) is 1.89. The van der Waals surface area contributed by atoms with Crippen LogP contribution in [0.2, 0.25) is 0 Å². The second kappa shape index (κ2) is 7.79. The molecule has 1 atom stereocenters. The van der Waals surface area contributed by atoms with Crippen LogP contribution in [0.15, 0.2) is 16.4 Å². The lowest BCUT2D eigenvalue weighted by molar-refractivity contribution is -0.127. The number of nitrogens with zero attached hydrogens (tertiary/aromatic N) is 4. The van der Waals surface area contributed by atoms with Gasteiger partial charge in [-0.3, -0.25) is 9.69 Å². The van der Waals surface area contributed by atoms with E-state index in [1.807, 2.05) is 4.90 Å². The van der Waals surface area contributed by atoms with Crippen molar-refractivity contribution in [2.24, 2.45) is 0 Å². The van der Waals surface area contributed by atoms with Gasteiger partial charge in [-0.15, -0.1) is 0 Å². The number of ether oxygens (including phenoxy) is 1. The molecule has 2 aliphatic rings. The van der Waals surface area contributed by atoms with Crippen LogP contribution in [-0.2, 0) is 16.1 Å². The molecular formula is C17H26N4O3. The number of aromatic nitrogens is 2. The zero-order chi connectivity index (χ0) is 16.9. The van der Waals surface area contributed by atoms with E-state index in [9.17, 15) is 4.79 Å². The van der Waals surface area contributed by atoms with E-state index in [2.05, 4.69) is 22.1 Å². The highest BCUT2D eigenvalue weighted by Gasteiger charge is 2.26. The van der Waals surface area contributed by atoms with Gasteiger partial charge in [-0.25, -0.2) is 0 Å². The molecule has 1 aromatic rings. The van der Waals surface area contributed by atoms with Crippen LogP contribution in [-0.4, -0.2) is 58.6 Å². The summed E-state index contributed by atoms with van der Waals surface area (Å²) in [4.78, 5) is 21.1. The first-order valence-corrected chi connectivity index (χ1v) is 8.73. The summed E-state index contributed by atoms with van der Waals surface area (Å²) in [6.45, 7) is 4.81. The molecule has 3 rings (SSSR count). The van der Waals surface area contributed by atoms with E-state index in [1.54, 1.807) is 13.2 Å². The van der Waals surface area contributed by atoms with Crippen LogP contribution >= 0.6 is 0 Å². The van der Waals surface area contributed by atoms with Crippen LogP contribution in [0, 0.1) is 6.92 Å². The smallest absolute Gasteiger partial charge is 0.252 e. The molecule has 1 amide bonds. The van der Waals surface area contributed by atoms with Gasteiger partial charge in [0.05, 0.1) is 25.0 Å². The normalized spacial score (nSPS) is 22.0. The summed E-state index contributed by atoms with van der Waals surface area (Å²) < 4.78 is 10.3. The van der Waals surface area contributed by atoms with E-state index in [1.165, 1.54) is 0 Å². The number of hydrogen-bond acceptors (Lipinski definition) is 6. The Balaban J connectivity index is 1.54. The molecule has 7 heteroatoms. The van der Waals surface area contributed by atoms with Crippen molar-refractivity contribution in [3.63, 3.8) is 0 Å². The largest absolute Gasteiger partial charge is 0.501 e. The van der Waals surface area contributed by atoms with E-state index in [-0.39, 0.29) is 5.91 Å². The summed E-state index contributed by atoms with van der Waals surface area (Å²) in [5.74, 6) is 1.46. The summed E-state index contributed by atoms with van der Waals surface area (Å²) >= 11 is 0. The van der Waals surface area contributed by atoms with Crippen molar-refractivity contribution in [2.45, 2.75) is 51.6 Å². The Kier molecular flexibility index (Phi) is 5.50. The molecule has 1 fully saturated rings. The first-order valence-electron chi connectivity index (χ1n) is 8.73. The van der Waals surface area contributed by atoms with Gasteiger partial charge in [0.15, 0.2) is 5.82 Å². The van der Waals surface area contributed by atoms with Gasteiger partial charge in [0.2, 0.25) is 5.89 Å². The molecule has 0 radical (unpaired) electrons. The lowest BCUT2D eigenvalue weighted by Crippen LogP contribution is -2.36. The minimum absolute atomic E-state index is 0.145. The van der Waals surface area contributed by atoms with E-state index in [4.69, 9.17) is 9.26 Å². The Morgan fingerprint density at radius 1 is 1.38 bits per heavy atom. The van der Waals surface area contributed by atoms with Crippen molar-refractivity contribution in [1.82, 2.24) is 19.9 Å². The number of rotatable bonds is 4. The molecule has 0 spiro atoms. The van der Waals surface area contributed by atoms with Crippen LogP contribution in [0.1, 0.15) is 43.8 Å². The molecule has 1 aromatic heterocycles. The zero-order valence-electron chi connectivity index (χ0n) is 14.5. The van der Waals surface area contributed by atoms with E-state index >= 15 is 0 Å². The molecule has 0 aromatic carbocycles. The van der Waals surface area contributed by atoms with Gasteiger partial charge >= 0.3 is 0 Å². The molecule has 0 saturated carbocycles. The van der Waals surface area contributed by atoms with Crippen LogP contribution in [0.4, 0.5) is 0 Å². The van der Waals surface area contributed by atoms with Crippen LogP contribution < -0.4 is 0 Å². The Bertz CT molecular complexity index is 598. The lowest BCUT2D eigenvalue weighted by Gasteiger charge is -2.26. The zero-order valence-corrected chi connectivity index (χ0v) is 14.5. The van der Waals surface area contributed by atoms with Crippen molar-refractivity contribution in [3.8, 4) is 0 Å². The standard InChI is InChI=1S/C17H26N4O3/c1-13-18-16(19-24-13)11-20(2)15-6-3-8-21(9-7-15)17(22)14-5-4-10-23-12-14/h12,15H,3-11H2,1-2H3/t15-/m1/s1. The molecule has 1 saturated heterocycles. The van der Waals surface area contributed by atoms with Crippen LogP contribution in [0.25, 0.3) is 0 Å². The number of carbonyl (C=O) groups is 1. The maximum Gasteiger partial charge on any atom is 0.252 e. The number of aryl methyl sites for hydroxylation is 1. The minimum atomic E-state index is 0.145. The molecule has 24 heavy (non-hydrogen) atoms. The maximum atomic E-state index is 12.6. The topological polar surface area (TPSA) is 71.7 Å². The lowest BCUT2D eigenvalue weighted by atomic mass is 10.1. The summed E-state index contributed by atoms with van der Waals surface area (Å²) in [5.41, 5.74) is 0.815. The highest BCUT2D eigenvalue weighted by Crippen LogP contribution is 2.21. The van der Waals surface area contributed by atoms with Crippen LogP contribution in [0.3, 0.4) is 0 Å². The molecule has 0 aliphatic carbocycles. The van der Waals surface area contributed by atoms with Gasteiger partial charge in [-0.05, 0) is 39.2 Å². The minimum Gasteiger partial charge on any atom is -0.501 e. The van der Waals surface area contributed by atoms with Crippen molar-refractivity contribution >= 4 is 5.91 Å². The average Bonchev–Trinajstić information content (AvgIpc) is 2.86. The highest BCUT2D eigenvalue weighted by molar-refractivity contribution is 5.93. The van der Waals surface area contributed by atoms with Crippen molar-refractivity contribution in [1.29, 1.82) is 0 Å². The summed E-state index contributed by atoms with van der Waals surface area (Å²) in [6.07, 6.45) is 6.47. The molecule has 0 bridgehead atoms. The summed E-state index contributed by atoms with van der Waals surface area (Å²) in [6, 6.07) is 0.429. The molecule has 2 aliphatic heterocycles. The van der Waals surface area contributed by atoms with Gasteiger partial charge < -0.3 is 14.2 Å². The summed E-state index contributed by atoms with van der Waals surface area (Å²) in [5, 5.41) is 3.96. The molecule has 0 N–H and O–H groups in total. The van der Waals surface area contributed by atoms with Gasteiger partial charge in [0.25, 0.3) is 5.91 Å². The van der Waals surface area contributed by atoms with Gasteiger partial charge in [0.1, 0.15) is 0 Å². The van der Waals surface area contributed by atoms with Crippen molar-refractivity contribution in [2.75, 3.05) is 26.7 Å². The van der Waals surface area contributed by atoms with Crippen LogP contribution in [0.5, 0.6) is 0 Å². The Hall–Kier alpha value is -1.89. The molecule has 132 valence electrons. The van der Waals surface area contributed by atoms with Crippen molar-refractivity contribution in [3.05, 3.63) is 23.6 Å². The van der Waals surface area contributed by atoms with E-state index < -0.39 is 0 Å². The maximum absolute atomic E-state index is 12.6. The van der Waals surface area contributed by atoms with Gasteiger partial charge in [-0.1, -0.05) is 5.16 Å². The fourth-order valence-electron chi connectivity index (χ4n) is 3.41. The second-order valence-corrected chi connectivity index (χ2v) is 6.64. The molecule has 7 nitrogen and oxygen atoms in total. The van der Waals surface area contributed by atoms with E-state index in [0.29, 0.717) is 18.5 Å². The number of carbonyl (C=O) groups excluding carboxylic acids is 1. The Labute approximate surface area is 142 Å². The Morgan fingerprint density at radius 3 is 2.96 bits per heavy atom. The van der Waals surface area contributed by atoms with Gasteiger partial charge in [0, 0.05) is 26.1 Å². The third-order valence-corrected chi connectivity index (χ3v) is 4.78. The summed E-state index contributed by atoms with van der Waals surface area (Å²) in [7, 11) is 2.09. The first kappa shape index (κ1) is 17.0. The monoisotopic (exact) mass is 334 g/mol. The SMILES string of the molecule is Cc1nc(CN(C)[C@@H]2CCCN(C(=O)C3=COCCC3)CC2)no1. The number of amides is 1. The molecule has 0 unspecified atom stereocenters. The fraction of sp³-hybridized carbons (Fsp3) is 0.706. The average molecular weight is 334 g/mol. The third-order valence-electron chi connectivity index (χ3n) is 4.78. The highest BCUT2D eigenvalue weighted by atomic mass is 16.5. The Morgan fingerprint density at radius 2 is 2.25 bits per heavy atom. The first-order chi connectivity index (χ1) is 11.6.